The van der Waals surface area contributed by atoms with Crippen molar-refractivity contribution in [3.63, 3.8) is 0 Å². The highest BCUT2D eigenvalue weighted by Gasteiger charge is 2.26. The van der Waals surface area contributed by atoms with Crippen molar-refractivity contribution in [3.05, 3.63) is 102 Å². The molecule has 0 aliphatic carbocycles. The van der Waals surface area contributed by atoms with Crippen molar-refractivity contribution in [2.45, 2.75) is 39.0 Å². The number of benzene rings is 3. The largest absolute Gasteiger partial charge is 0.489 e. The molecule has 0 radical (unpaired) electrons. The van der Waals surface area contributed by atoms with Crippen LogP contribution in [0.3, 0.4) is 0 Å². The van der Waals surface area contributed by atoms with Crippen molar-refractivity contribution in [2.24, 2.45) is 5.92 Å². The summed E-state index contributed by atoms with van der Waals surface area (Å²) in [6, 6.07) is 28.8. The van der Waals surface area contributed by atoms with E-state index in [0.717, 1.165) is 43.8 Å². The smallest absolute Gasteiger partial charge is 0.223 e. The zero-order chi connectivity index (χ0) is 22.2. The highest BCUT2D eigenvalue weighted by Crippen LogP contribution is 2.22. The normalized spacial score (nSPS) is 15.8. The van der Waals surface area contributed by atoms with Gasteiger partial charge in [-0.3, -0.25) is 9.69 Å². The van der Waals surface area contributed by atoms with E-state index in [9.17, 15) is 4.79 Å². The van der Waals surface area contributed by atoms with Gasteiger partial charge in [0.2, 0.25) is 5.91 Å². The van der Waals surface area contributed by atoms with Crippen molar-refractivity contribution >= 4 is 5.91 Å². The Kier molecular flexibility index (Phi) is 7.57. The van der Waals surface area contributed by atoms with E-state index in [4.69, 9.17) is 4.74 Å². The van der Waals surface area contributed by atoms with Crippen LogP contribution < -0.4 is 10.1 Å². The van der Waals surface area contributed by atoms with Crippen molar-refractivity contribution in [3.8, 4) is 5.75 Å². The minimum absolute atomic E-state index is 0.0457. The van der Waals surface area contributed by atoms with Crippen LogP contribution in [-0.4, -0.2) is 23.9 Å². The Bertz CT molecular complexity index is 965. The first-order valence-corrected chi connectivity index (χ1v) is 11.5. The molecule has 1 atom stereocenters. The van der Waals surface area contributed by atoms with Gasteiger partial charge in [-0.2, -0.15) is 0 Å². The van der Waals surface area contributed by atoms with Gasteiger partial charge in [0.05, 0.1) is 6.04 Å². The Morgan fingerprint density at radius 2 is 1.53 bits per heavy atom. The van der Waals surface area contributed by atoms with Crippen LogP contribution in [-0.2, 0) is 17.9 Å². The summed E-state index contributed by atoms with van der Waals surface area (Å²) >= 11 is 0. The van der Waals surface area contributed by atoms with Crippen LogP contribution in [0.4, 0.5) is 0 Å². The topological polar surface area (TPSA) is 41.6 Å². The molecule has 32 heavy (non-hydrogen) atoms. The Labute approximate surface area is 191 Å². The second-order valence-electron chi connectivity index (χ2n) is 8.61. The molecule has 0 spiro atoms. The fraction of sp³-hybridized carbons (Fsp3) is 0.321. The van der Waals surface area contributed by atoms with Crippen LogP contribution in [0.2, 0.25) is 0 Å². The molecule has 4 nitrogen and oxygen atoms in total. The highest BCUT2D eigenvalue weighted by molar-refractivity contribution is 5.79. The molecule has 3 aromatic carbocycles. The number of piperidine rings is 1. The maximum absolute atomic E-state index is 12.7. The quantitative estimate of drug-likeness (QED) is 0.525. The van der Waals surface area contributed by atoms with E-state index in [2.05, 4.69) is 53.5 Å². The Morgan fingerprint density at radius 3 is 2.19 bits per heavy atom. The Balaban J connectivity index is 1.20. The first-order valence-electron chi connectivity index (χ1n) is 11.5. The van der Waals surface area contributed by atoms with E-state index in [0.29, 0.717) is 6.61 Å². The van der Waals surface area contributed by atoms with E-state index >= 15 is 0 Å². The summed E-state index contributed by atoms with van der Waals surface area (Å²) in [5, 5.41) is 3.19. The minimum atomic E-state index is 0.0457. The lowest BCUT2D eigenvalue weighted by molar-refractivity contribution is -0.127. The average molecular weight is 429 g/mol. The lowest BCUT2D eigenvalue weighted by Crippen LogP contribution is -2.40. The number of likely N-dealkylation sites (tertiary alicyclic amines) is 1. The number of amides is 1. The first-order chi connectivity index (χ1) is 15.7. The highest BCUT2D eigenvalue weighted by atomic mass is 16.5. The molecule has 1 heterocycles. The van der Waals surface area contributed by atoms with E-state index in [-0.39, 0.29) is 17.9 Å². The second-order valence-corrected chi connectivity index (χ2v) is 8.61. The number of hydrogen-bond acceptors (Lipinski definition) is 3. The van der Waals surface area contributed by atoms with Gasteiger partial charge < -0.3 is 10.1 Å². The van der Waals surface area contributed by atoms with Gasteiger partial charge in [0.15, 0.2) is 0 Å². The molecular formula is C28H32N2O2. The number of ether oxygens (including phenoxy) is 1. The van der Waals surface area contributed by atoms with Gasteiger partial charge in [-0.15, -0.1) is 0 Å². The number of carbonyl (C=O) groups excluding carboxylic acids is 1. The second kappa shape index (κ2) is 11.0. The summed E-state index contributed by atoms with van der Waals surface area (Å²) in [5.74, 6) is 1.17. The molecule has 4 rings (SSSR count). The number of nitrogens with one attached hydrogen (secondary N) is 1. The summed E-state index contributed by atoms with van der Waals surface area (Å²) in [4.78, 5) is 15.1. The van der Waals surface area contributed by atoms with Crippen molar-refractivity contribution in [1.29, 1.82) is 0 Å². The predicted molar refractivity (Wildman–Crippen MR) is 128 cm³/mol. The molecule has 3 aromatic rings. The van der Waals surface area contributed by atoms with Gasteiger partial charge in [0.25, 0.3) is 0 Å². The van der Waals surface area contributed by atoms with Crippen LogP contribution in [0.1, 0.15) is 42.5 Å². The minimum Gasteiger partial charge on any atom is -0.489 e. The fourth-order valence-corrected chi connectivity index (χ4v) is 4.20. The Morgan fingerprint density at radius 1 is 0.906 bits per heavy atom. The van der Waals surface area contributed by atoms with Gasteiger partial charge in [-0.1, -0.05) is 72.8 Å². The van der Waals surface area contributed by atoms with Crippen LogP contribution in [0.25, 0.3) is 0 Å². The van der Waals surface area contributed by atoms with E-state index < -0.39 is 0 Å². The van der Waals surface area contributed by atoms with Crippen LogP contribution >= 0.6 is 0 Å². The molecule has 0 bridgehead atoms. The molecule has 1 aliphatic rings. The fourth-order valence-electron chi connectivity index (χ4n) is 4.20. The Hall–Kier alpha value is -3.11. The molecular weight excluding hydrogens is 396 g/mol. The number of hydrogen-bond donors (Lipinski definition) is 1. The monoisotopic (exact) mass is 428 g/mol. The van der Waals surface area contributed by atoms with Crippen LogP contribution in [0.15, 0.2) is 84.9 Å². The number of rotatable bonds is 8. The molecule has 4 heteroatoms. The summed E-state index contributed by atoms with van der Waals surface area (Å²) in [5.41, 5.74) is 3.59. The van der Waals surface area contributed by atoms with Crippen molar-refractivity contribution in [1.82, 2.24) is 10.2 Å². The first kappa shape index (κ1) is 22.1. The van der Waals surface area contributed by atoms with Crippen LogP contribution in [0.5, 0.6) is 5.75 Å². The zero-order valence-corrected chi connectivity index (χ0v) is 18.7. The van der Waals surface area contributed by atoms with E-state index in [1.807, 2.05) is 48.5 Å². The van der Waals surface area contributed by atoms with Crippen LogP contribution in [0, 0.1) is 5.92 Å². The van der Waals surface area contributed by atoms with Gasteiger partial charge in [0, 0.05) is 12.5 Å². The molecule has 1 fully saturated rings. The van der Waals surface area contributed by atoms with Gasteiger partial charge in [0.1, 0.15) is 12.4 Å². The predicted octanol–water partition coefficient (Wildman–Crippen LogP) is 5.36. The lowest BCUT2D eigenvalue weighted by atomic mass is 9.95. The average Bonchev–Trinajstić information content (AvgIpc) is 2.85. The summed E-state index contributed by atoms with van der Waals surface area (Å²) in [6.07, 6.45) is 1.82. The van der Waals surface area contributed by atoms with Gasteiger partial charge in [-0.05, 0) is 61.7 Å². The molecule has 1 aliphatic heterocycles. The van der Waals surface area contributed by atoms with Gasteiger partial charge >= 0.3 is 0 Å². The SMILES string of the molecule is CC(NC(=O)C1CCN(Cc2ccc(OCc3ccccc3)cc2)CC1)c1ccccc1. The van der Waals surface area contributed by atoms with E-state index in [1.165, 1.54) is 11.1 Å². The molecule has 1 unspecified atom stereocenters. The molecule has 1 N–H and O–H groups in total. The lowest BCUT2D eigenvalue weighted by Gasteiger charge is -2.32. The third-order valence-electron chi connectivity index (χ3n) is 6.19. The molecule has 0 saturated carbocycles. The molecule has 166 valence electrons. The third-order valence-corrected chi connectivity index (χ3v) is 6.19. The summed E-state index contributed by atoms with van der Waals surface area (Å²) in [7, 11) is 0. The summed E-state index contributed by atoms with van der Waals surface area (Å²) < 4.78 is 5.88. The van der Waals surface area contributed by atoms with Crippen molar-refractivity contribution < 1.29 is 9.53 Å². The molecule has 1 saturated heterocycles. The van der Waals surface area contributed by atoms with Crippen molar-refractivity contribution in [2.75, 3.05) is 13.1 Å². The standard InChI is InChI=1S/C28H32N2O2/c1-22(25-10-6-3-7-11-25)29-28(31)26-16-18-30(19-17-26)20-23-12-14-27(15-13-23)32-21-24-8-4-2-5-9-24/h2-15,22,26H,16-21H2,1H3,(H,29,31). The van der Waals surface area contributed by atoms with E-state index in [1.54, 1.807) is 0 Å². The number of carbonyl (C=O) groups is 1. The third kappa shape index (κ3) is 6.21. The molecule has 0 aromatic heterocycles. The number of nitrogens with zero attached hydrogens (tertiary/aromatic N) is 1. The maximum Gasteiger partial charge on any atom is 0.223 e. The zero-order valence-electron chi connectivity index (χ0n) is 18.7. The maximum atomic E-state index is 12.7. The van der Waals surface area contributed by atoms with Gasteiger partial charge in [-0.25, -0.2) is 0 Å². The molecule has 1 amide bonds. The summed E-state index contributed by atoms with van der Waals surface area (Å²) in [6.45, 7) is 5.44.